The zero-order valence-electron chi connectivity index (χ0n) is 19.8. The van der Waals surface area contributed by atoms with Gasteiger partial charge in [0, 0.05) is 31.6 Å². The second-order valence-electron chi connectivity index (χ2n) is 8.74. The van der Waals surface area contributed by atoms with E-state index in [1.165, 1.54) is 6.33 Å². The number of benzene rings is 1. The molecule has 1 aromatic carbocycles. The summed E-state index contributed by atoms with van der Waals surface area (Å²) in [5, 5.41) is 5.32. The van der Waals surface area contributed by atoms with Gasteiger partial charge in [-0.15, -0.1) is 0 Å². The summed E-state index contributed by atoms with van der Waals surface area (Å²) in [6.45, 7) is 10.9. The Morgan fingerprint density at radius 3 is 2.61 bits per heavy atom. The minimum absolute atomic E-state index is 0.0364. The third-order valence-electron chi connectivity index (χ3n) is 5.41. The molecule has 0 atom stereocenters. The lowest BCUT2D eigenvalue weighted by Crippen LogP contribution is -2.42. The van der Waals surface area contributed by atoms with Crippen LogP contribution in [-0.4, -0.2) is 61.8 Å². The predicted molar refractivity (Wildman–Crippen MR) is 127 cm³/mol. The average molecular weight is 451 g/mol. The van der Waals surface area contributed by atoms with E-state index in [1.54, 1.807) is 15.8 Å². The van der Waals surface area contributed by atoms with E-state index in [0.717, 1.165) is 28.0 Å². The summed E-state index contributed by atoms with van der Waals surface area (Å²) in [4.78, 5) is 27.2. The maximum Gasteiger partial charge on any atom is 0.410 e. The van der Waals surface area contributed by atoms with Gasteiger partial charge < -0.3 is 14.4 Å². The first-order valence-corrected chi connectivity index (χ1v) is 11.3. The molecule has 0 N–H and O–H groups in total. The van der Waals surface area contributed by atoms with Crippen molar-refractivity contribution in [2.75, 3.05) is 13.1 Å². The molecule has 1 aliphatic heterocycles. The van der Waals surface area contributed by atoms with Gasteiger partial charge in [0.25, 0.3) is 0 Å². The first-order valence-electron chi connectivity index (χ1n) is 11.3. The van der Waals surface area contributed by atoms with Crippen molar-refractivity contribution in [3.8, 4) is 11.6 Å². The number of ether oxygens (including phenoxy) is 2. The minimum atomic E-state index is -0.268. The van der Waals surface area contributed by atoms with E-state index in [1.807, 2.05) is 52.8 Å². The Labute approximate surface area is 193 Å². The Bertz CT molecular complexity index is 1170. The first kappa shape index (κ1) is 22.7. The first-order chi connectivity index (χ1) is 15.8. The Balaban J connectivity index is 1.51. The van der Waals surface area contributed by atoms with Crippen LogP contribution in [-0.2, 0) is 4.74 Å². The standard InChI is InChI=1S/C24H30N6O3/c1-15(2)28-18-6-7-21(17(5)12-18)30-22-20(13-27-30)23(26-14-25-22)33-19-8-10-29(11-9-19)24(31)32-16(3)4/h6-7,12-14,16,19H,8-11H2,1-5H3. The van der Waals surface area contributed by atoms with Crippen molar-refractivity contribution >= 4 is 28.5 Å². The third kappa shape index (κ3) is 5.13. The van der Waals surface area contributed by atoms with Crippen molar-refractivity contribution in [2.45, 2.75) is 59.7 Å². The van der Waals surface area contributed by atoms with E-state index < -0.39 is 0 Å². The molecule has 0 saturated carbocycles. The zero-order valence-corrected chi connectivity index (χ0v) is 19.8. The lowest BCUT2D eigenvalue weighted by atomic mass is 10.1. The molecule has 0 unspecified atom stereocenters. The lowest BCUT2D eigenvalue weighted by Gasteiger charge is -2.31. The molecular formula is C24H30N6O3. The number of aryl methyl sites for hydroxylation is 1. The summed E-state index contributed by atoms with van der Waals surface area (Å²) in [6.07, 6.45) is 4.23. The van der Waals surface area contributed by atoms with Crippen molar-refractivity contribution < 1.29 is 14.3 Å². The number of piperidine rings is 1. The van der Waals surface area contributed by atoms with E-state index >= 15 is 0 Å². The van der Waals surface area contributed by atoms with Gasteiger partial charge in [0.1, 0.15) is 17.8 Å². The van der Waals surface area contributed by atoms with Gasteiger partial charge >= 0.3 is 6.09 Å². The summed E-state index contributed by atoms with van der Waals surface area (Å²) in [5.41, 5.74) is 4.58. The average Bonchev–Trinajstić information content (AvgIpc) is 3.18. The SMILES string of the molecule is CC(C)=Nc1ccc(-n2ncc3c(OC4CCN(C(=O)OC(C)C)CC4)ncnc32)c(C)c1. The monoisotopic (exact) mass is 450 g/mol. The second-order valence-corrected chi connectivity index (χ2v) is 8.74. The number of hydrogen-bond acceptors (Lipinski definition) is 7. The molecule has 3 heterocycles. The maximum atomic E-state index is 12.1. The fraction of sp³-hybridized carbons (Fsp3) is 0.458. The molecule has 1 saturated heterocycles. The van der Waals surface area contributed by atoms with Gasteiger partial charge in [-0.3, -0.25) is 4.99 Å². The molecule has 0 spiro atoms. The molecule has 1 fully saturated rings. The number of carbonyl (C=O) groups is 1. The van der Waals surface area contributed by atoms with Gasteiger partial charge in [0.05, 0.1) is 23.7 Å². The highest BCUT2D eigenvalue weighted by molar-refractivity contribution is 5.83. The van der Waals surface area contributed by atoms with Crippen molar-refractivity contribution in [1.29, 1.82) is 0 Å². The Morgan fingerprint density at radius 1 is 1.18 bits per heavy atom. The highest BCUT2D eigenvalue weighted by atomic mass is 16.6. The van der Waals surface area contributed by atoms with Crippen LogP contribution < -0.4 is 4.74 Å². The highest BCUT2D eigenvalue weighted by Gasteiger charge is 2.26. The van der Waals surface area contributed by atoms with E-state index in [4.69, 9.17) is 9.47 Å². The Hall–Kier alpha value is -3.49. The van der Waals surface area contributed by atoms with Crippen molar-refractivity contribution in [1.82, 2.24) is 24.6 Å². The number of nitrogens with zero attached hydrogens (tertiary/aromatic N) is 6. The number of carbonyl (C=O) groups excluding carboxylic acids is 1. The summed E-state index contributed by atoms with van der Waals surface area (Å²) < 4.78 is 13.3. The highest BCUT2D eigenvalue weighted by Crippen LogP contribution is 2.28. The summed E-state index contributed by atoms with van der Waals surface area (Å²) in [7, 11) is 0. The van der Waals surface area contributed by atoms with Crippen LogP contribution in [0.2, 0.25) is 0 Å². The third-order valence-corrected chi connectivity index (χ3v) is 5.41. The molecule has 0 bridgehead atoms. The van der Waals surface area contributed by atoms with Crippen LogP contribution in [0.4, 0.5) is 10.5 Å². The normalized spacial score (nSPS) is 14.5. The number of amides is 1. The number of aromatic nitrogens is 4. The molecule has 2 aromatic heterocycles. The molecule has 9 heteroatoms. The van der Waals surface area contributed by atoms with Gasteiger partial charge in [-0.05, 0) is 58.4 Å². The molecule has 0 aliphatic carbocycles. The number of rotatable bonds is 5. The van der Waals surface area contributed by atoms with Crippen molar-refractivity contribution in [3.05, 3.63) is 36.3 Å². The van der Waals surface area contributed by atoms with Crippen LogP contribution in [0.5, 0.6) is 5.88 Å². The number of aliphatic imine (C=N–C) groups is 1. The predicted octanol–water partition coefficient (Wildman–Crippen LogP) is 4.62. The van der Waals surface area contributed by atoms with Gasteiger partial charge in [-0.2, -0.15) is 5.10 Å². The van der Waals surface area contributed by atoms with Gasteiger partial charge in [0.2, 0.25) is 5.88 Å². The molecule has 1 amide bonds. The molecule has 0 radical (unpaired) electrons. The molecule has 3 aromatic rings. The van der Waals surface area contributed by atoms with Gasteiger partial charge in [-0.1, -0.05) is 0 Å². The van der Waals surface area contributed by atoms with Crippen molar-refractivity contribution in [3.63, 3.8) is 0 Å². The molecule has 33 heavy (non-hydrogen) atoms. The van der Waals surface area contributed by atoms with Crippen LogP contribution in [0.25, 0.3) is 16.7 Å². The van der Waals surface area contributed by atoms with Crippen LogP contribution in [0, 0.1) is 6.92 Å². The van der Waals surface area contributed by atoms with E-state index in [2.05, 4.69) is 20.1 Å². The lowest BCUT2D eigenvalue weighted by molar-refractivity contribution is 0.0511. The summed E-state index contributed by atoms with van der Waals surface area (Å²) >= 11 is 0. The Kier molecular flexibility index (Phi) is 6.57. The van der Waals surface area contributed by atoms with Crippen LogP contribution in [0.15, 0.2) is 35.7 Å². The second kappa shape index (κ2) is 9.56. The minimum Gasteiger partial charge on any atom is -0.474 e. The molecule has 4 rings (SSSR count). The van der Waals surface area contributed by atoms with Crippen molar-refractivity contribution in [2.24, 2.45) is 4.99 Å². The molecular weight excluding hydrogens is 420 g/mol. The quantitative estimate of drug-likeness (QED) is 0.526. The number of hydrogen-bond donors (Lipinski definition) is 0. The summed E-state index contributed by atoms with van der Waals surface area (Å²) in [5.74, 6) is 0.509. The smallest absolute Gasteiger partial charge is 0.410 e. The zero-order chi connectivity index (χ0) is 23.5. The molecule has 1 aliphatic rings. The molecule has 9 nitrogen and oxygen atoms in total. The largest absolute Gasteiger partial charge is 0.474 e. The van der Waals surface area contributed by atoms with Crippen LogP contribution >= 0.6 is 0 Å². The fourth-order valence-corrected chi connectivity index (χ4v) is 3.89. The van der Waals surface area contributed by atoms with Crippen LogP contribution in [0.1, 0.15) is 46.1 Å². The Morgan fingerprint density at radius 2 is 1.94 bits per heavy atom. The van der Waals surface area contributed by atoms with Gasteiger partial charge in [-0.25, -0.2) is 19.4 Å². The molecule has 174 valence electrons. The maximum absolute atomic E-state index is 12.1. The fourth-order valence-electron chi connectivity index (χ4n) is 3.89. The van der Waals surface area contributed by atoms with E-state index in [0.29, 0.717) is 37.5 Å². The summed E-state index contributed by atoms with van der Waals surface area (Å²) in [6, 6.07) is 6.00. The topological polar surface area (TPSA) is 94.7 Å². The van der Waals surface area contributed by atoms with E-state index in [9.17, 15) is 4.79 Å². The number of fused-ring (bicyclic) bond motifs is 1. The van der Waals surface area contributed by atoms with Crippen LogP contribution in [0.3, 0.4) is 0 Å². The number of likely N-dealkylation sites (tertiary alicyclic amines) is 1. The van der Waals surface area contributed by atoms with E-state index in [-0.39, 0.29) is 18.3 Å². The van der Waals surface area contributed by atoms with Gasteiger partial charge in [0.15, 0.2) is 5.65 Å².